The molecule has 1 aromatic rings. The first kappa shape index (κ1) is 29.8. The number of ether oxygens (including phenoxy) is 1. The number of primary amides is 1. The first-order chi connectivity index (χ1) is 16.8. The van der Waals surface area contributed by atoms with Crippen LogP contribution in [0.5, 0.6) is 5.75 Å². The number of nitrogens with one attached hydrogen (secondary N) is 3. The first-order valence-corrected chi connectivity index (χ1v) is 11.1. The number of aryl methyl sites for hydroxylation is 1. The SMILES string of the molecule is CCOc1c(C)cc([N+](=O)[O-])cc1C(=O)NC(CC(=O)O)C(=O)NC(C(=O)NCC(N)=O)C(C)CC. The average Bonchev–Trinajstić information content (AvgIpc) is 2.80. The molecule has 0 radical (unpaired) electrons. The van der Waals surface area contributed by atoms with Crippen molar-refractivity contribution in [2.24, 2.45) is 11.7 Å². The first-order valence-electron chi connectivity index (χ1n) is 11.1. The molecule has 3 atom stereocenters. The van der Waals surface area contributed by atoms with Gasteiger partial charge >= 0.3 is 5.97 Å². The van der Waals surface area contributed by atoms with Crippen molar-refractivity contribution in [1.82, 2.24) is 16.0 Å². The van der Waals surface area contributed by atoms with Gasteiger partial charge in [0.05, 0.1) is 30.1 Å². The Morgan fingerprint density at radius 1 is 1.14 bits per heavy atom. The topological polar surface area (TPSA) is 220 Å². The Labute approximate surface area is 207 Å². The zero-order valence-corrected chi connectivity index (χ0v) is 20.5. The van der Waals surface area contributed by atoms with Gasteiger partial charge in [-0.15, -0.1) is 0 Å². The van der Waals surface area contributed by atoms with Gasteiger partial charge in [-0.1, -0.05) is 20.3 Å². The number of carboxylic acid groups (broad SMARTS) is 1. The van der Waals surface area contributed by atoms with Gasteiger partial charge in [-0.3, -0.25) is 34.1 Å². The summed E-state index contributed by atoms with van der Waals surface area (Å²) < 4.78 is 5.44. The fourth-order valence-corrected chi connectivity index (χ4v) is 3.22. The average molecular weight is 510 g/mol. The van der Waals surface area contributed by atoms with E-state index in [2.05, 4.69) is 16.0 Å². The second-order valence-electron chi connectivity index (χ2n) is 8.01. The van der Waals surface area contributed by atoms with Crippen LogP contribution in [0.1, 0.15) is 49.5 Å². The number of hydrogen-bond acceptors (Lipinski definition) is 8. The maximum absolute atomic E-state index is 13.0. The predicted octanol–water partition coefficient (Wildman–Crippen LogP) is 0.00742. The molecule has 0 fully saturated rings. The minimum Gasteiger partial charge on any atom is -0.493 e. The van der Waals surface area contributed by atoms with Gasteiger partial charge in [-0.25, -0.2) is 0 Å². The number of non-ortho nitro benzene ring substituents is 1. The molecular formula is C22H31N5O9. The third-order valence-electron chi connectivity index (χ3n) is 5.23. The van der Waals surface area contributed by atoms with Gasteiger partial charge in [0.1, 0.15) is 17.8 Å². The minimum absolute atomic E-state index is 0.0402. The van der Waals surface area contributed by atoms with Crippen molar-refractivity contribution in [2.75, 3.05) is 13.2 Å². The van der Waals surface area contributed by atoms with Gasteiger partial charge in [-0.2, -0.15) is 0 Å². The van der Waals surface area contributed by atoms with Crippen molar-refractivity contribution < 1.29 is 38.7 Å². The number of rotatable bonds is 14. The van der Waals surface area contributed by atoms with Crippen LogP contribution in [-0.2, 0) is 19.2 Å². The highest BCUT2D eigenvalue weighted by Gasteiger charge is 2.32. The second-order valence-corrected chi connectivity index (χ2v) is 8.01. The molecule has 6 N–H and O–H groups in total. The van der Waals surface area contributed by atoms with Gasteiger partial charge in [0.2, 0.25) is 17.7 Å². The Morgan fingerprint density at radius 3 is 2.28 bits per heavy atom. The molecule has 14 heteroatoms. The molecule has 0 spiro atoms. The van der Waals surface area contributed by atoms with Crippen LogP contribution in [0.4, 0.5) is 5.69 Å². The number of carbonyl (C=O) groups excluding carboxylic acids is 4. The second kappa shape index (κ2) is 13.6. The number of nitrogens with zero attached hydrogens (tertiary/aromatic N) is 1. The standard InChI is InChI=1S/C22H31N5O9/c1-5-11(3)18(22(33)24-10-16(23)28)26-21(32)15(9-17(29)30)25-20(31)14-8-13(27(34)35)7-12(4)19(14)36-6-2/h7-8,11,15,18H,5-6,9-10H2,1-4H3,(H2,23,28)(H,24,33)(H,25,31)(H,26,32)(H,29,30). The molecule has 4 amide bonds. The Morgan fingerprint density at radius 2 is 1.78 bits per heavy atom. The van der Waals surface area contributed by atoms with Gasteiger partial charge in [-0.05, 0) is 25.3 Å². The van der Waals surface area contributed by atoms with E-state index in [1.54, 1.807) is 20.8 Å². The van der Waals surface area contributed by atoms with Gasteiger partial charge < -0.3 is 31.5 Å². The lowest BCUT2D eigenvalue weighted by Gasteiger charge is -2.26. The van der Waals surface area contributed by atoms with Crippen LogP contribution in [-0.4, -0.2) is 64.9 Å². The molecule has 0 aliphatic heterocycles. The normalized spacial score (nSPS) is 13.0. The highest BCUT2D eigenvalue weighted by Crippen LogP contribution is 2.29. The molecule has 3 unspecified atom stereocenters. The van der Waals surface area contributed by atoms with Crippen molar-refractivity contribution in [2.45, 2.75) is 52.6 Å². The van der Waals surface area contributed by atoms with E-state index < -0.39 is 71.2 Å². The summed E-state index contributed by atoms with van der Waals surface area (Å²) >= 11 is 0. The number of aliphatic carboxylic acids is 1. The number of hydrogen-bond donors (Lipinski definition) is 5. The Hall–Kier alpha value is -4.23. The quantitative estimate of drug-likeness (QED) is 0.168. The van der Waals surface area contributed by atoms with Crippen molar-refractivity contribution in [3.05, 3.63) is 33.4 Å². The van der Waals surface area contributed by atoms with Crippen molar-refractivity contribution in [3.8, 4) is 5.75 Å². The predicted molar refractivity (Wildman–Crippen MR) is 126 cm³/mol. The maximum atomic E-state index is 13.0. The van der Waals surface area contributed by atoms with Crippen LogP contribution in [0, 0.1) is 23.0 Å². The molecule has 0 aromatic heterocycles. The summed E-state index contributed by atoms with van der Waals surface area (Å²) in [5.41, 5.74) is 4.66. The highest BCUT2D eigenvalue weighted by molar-refractivity contribution is 6.02. The van der Waals surface area contributed by atoms with Crippen LogP contribution in [0.3, 0.4) is 0 Å². The van der Waals surface area contributed by atoms with Gasteiger partial charge in [0.15, 0.2) is 0 Å². The van der Waals surface area contributed by atoms with E-state index in [0.29, 0.717) is 12.0 Å². The zero-order valence-electron chi connectivity index (χ0n) is 20.5. The third kappa shape index (κ3) is 8.52. The highest BCUT2D eigenvalue weighted by atomic mass is 16.6. The smallest absolute Gasteiger partial charge is 0.305 e. The summed E-state index contributed by atoms with van der Waals surface area (Å²) in [5, 5.41) is 27.5. The number of carbonyl (C=O) groups is 5. The molecular weight excluding hydrogens is 478 g/mol. The lowest BCUT2D eigenvalue weighted by Crippen LogP contribution is -2.56. The molecule has 0 aliphatic carbocycles. The van der Waals surface area contributed by atoms with E-state index in [1.165, 1.54) is 13.0 Å². The molecule has 1 rings (SSSR count). The molecule has 0 heterocycles. The molecule has 0 saturated heterocycles. The van der Waals surface area contributed by atoms with E-state index in [9.17, 15) is 39.2 Å². The number of nitrogens with two attached hydrogens (primary N) is 1. The lowest BCUT2D eigenvalue weighted by molar-refractivity contribution is -0.384. The molecule has 198 valence electrons. The summed E-state index contributed by atoms with van der Waals surface area (Å²) in [7, 11) is 0. The summed E-state index contributed by atoms with van der Waals surface area (Å²) in [6.07, 6.45) is -0.402. The van der Waals surface area contributed by atoms with Crippen molar-refractivity contribution in [1.29, 1.82) is 0 Å². The van der Waals surface area contributed by atoms with Crippen molar-refractivity contribution >= 4 is 35.3 Å². The molecule has 14 nitrogen and oxygen atoms in total. The molecule has 0 saturated carbocycles. The van der Waals surface area contributed by atoms with E-state index in [-0.39, 0.29) is 17.9 Å². The van der Waals surface area contributed by atoms with Crippen LogP contribution in [0.15, 0.2) is 12.1 Å². The third-order valence-corrected chi connectivity index (χ3v) is 5.23. The molecule has 1 aromatic carbocycles. The number of benzene rings is 1. The Kier molecular flexibility index (Phi) is 11.3. The zero-order chi connectivity index (χ0) is 27.6. The summed E-state index contributed by atoms with van der Waals surface area (Å²) in [6.45, 7) is 6.21. The minimum atomic E-state index is -1.64. The Balaban J connectivity index is 3.28. The number of amides is 4. The van der Waals surface area contributed by atoms with E-state index in [4.69, 9.17) is 10.5 Å². The van der Waals surface area contributed by atoms with Crippen LogP contribution >= 0.6 is 0 Å². The molecule has 0 aliphatic rings. The van der Waals surface area contributed by atoms with Crippen LogP contribution in [0.2, 0.25) is 0 Å². The van der Waals surface area contributed by atoms with Crippen molar-refractivity contribution in [3.63, 3.8) is 0 Å². The van der Waals surface area contributed by atoms with Gasteiger partial charge in [0.25, 0.3) is 11.6 Å². The van der Waals surface area contributed by atoms with Crippen LogP contribution < -0.4 is 26.4 Å². The number of nitro groups is 1. The van der Waals surface area contributed by atoms with Crippen LogP contribution in [0.25, 0.3) is 0 Å². The lowest BCUT2D eigenvalue weighted by atomic mass is 9.97. The largest absolute Gasteiger partial charge is 0.493 e. The fraction of sp³-hybridized carbons (Fsp3) is 0.500. The summed E-state index contributed by atoms with van der Waals surface area (Å²) in [6, 6.07) is -0.624. The van der Waals surface area contributed by atoms with E-state index in [1.807, 2.05) is 0 Å². The van der Waals surface area contributed by atoms with E-state index in [0.717, 1.165) is 6.07 Å². The number of nitro benzene ring substituents is 1. The summed E-state index contributed by atoms with van der Waals surface area (Å²) in [5.74, 6) is -5.29. The monoisotopic (exact) mass is 509 g/mol. The molecule has 36 heavy (non-hydrogen) atoms. The van der Waals surface area contributed by atoms with E-state index >= 15 is 0 Å². The Bertz CT molecular complexity index is 1030. The maximum Gasteiger partial charge on any atom is 0.305 e. The molecule has 0 bridgehead atoms. The van der Waals surface area contributed by atoms with Gasteiger partial charge in [0, 0.05) is 12.1 Å². The number of carboxylic acids is 1. The fourth-order valence-electron chi connectivity index (χ4n) is 3.22. The summed E-state index contributed by atoms with van der Waals surface area (Å²) in [4.78, 5) is 71.5.